The highest BCUT2D eigenvalue weighted by molar-refractivity contribution is 7.99. The molecule has 5 N–H and O–H groups in total. The predicted octanol–water partition coefficient (Wildman–Crippen LogP) is 4.35. The summed E-state index contributed by atoms with van der Waals surface area (Å²) >= 11 is 8.03. The summed E-state index contributed by atoms with van der Waals surface area (Å²) in [5, 5.41) is 10.1. The van der Waals surface area contributed by atoms with Gasteiger partial charge in [0.1, 0.15) is 16.4 Å². The third kappa shape index (κ3) is 9.52. The second-order valence-corrected chi connectivity index (χ2v) is 12.3. The minimum Gasteiger partial charge on any atom is -0.444 e. The average Bonchev–Trinajstić information content (AvgIpc) is 2.84. The van der Waals surface area contributed by atoms with Crippen LogP contribution in [0.1, 0.15) is 52.7 Å². The first-order valence-electron chi connectivity index (χ1n) is 13.2. The number of nitrogens with two attached hydrogens (primary N) is 1. The number of piperidine rings is 1. The number of alkyl carbamates (subject to hydrolysis) is 1. The Labute approximate surface area is 240 Å². The number of carbonyl (C=O) groups excluding carboxylic acids is 2. The number of ether oxygens (including phenoxy) is 1. The fourth-order valence-electron chi connectivity index (χ4n) is 4.03. The summed E-state index contributed by atoms with van der Waals surface area (Å²) in [4.78, 5) is 37.0. The lowest BCUT2D eigenvalue weighted by molar-refractivity contribution is -0.115. The van der Waals surface area contributed by atoms with Gasteiger partial charge in [0.25, 0.3) is 0 Å². The Balaban J connectivity index is 1.59. The average molecular weight is 578 g/mol. The molecule has 1 aromatic heterocycles. The Bertz CT molecular complexity index is 1150. The number of nitrogens with one attached hydrogen (secondary N) is 3. The molecular formula is C27H40ClN7O3S. The van der Waals surface area contributed by atoms with Crippen molar-refractivity contribution in [3.63, 3.8) is 0 Å². The van der Waals surface area contributed by atoms with Gasteiger partial charge in [0.15, 0.2) is 0 Å². The Hall–Kier alpha value is -2.60. The van der Waals surface area contributed by atoms with Crippen LogP contribution in [0.4, 0.5) is 16.3 Å². The third-order valence-corrected chi connectivity index (χ3v) is 7.84. The maximum absolute atomic E-state index is 12.3. The van der Waals surface area contributed by atoms with Gasteiger partial charge in [-0.2, -0.15) is 0 Å². The lowest BCUT2D eigenvalue weighted by Crippen LogP contribution is -2.54. The van der Waals surface area contributed by atoms with E-state index >= 15 is 0 Å². The van der Waals surface area contributed by atoms with E-state index in [2.05, 4.69) is 25.8 Å². The van der Waals surface area contributed by atoms with Gasteiger partial charge in [-0.1, -0.05) is 29.4 Å². The second-order valence-electron chi connectivity index (χ2n) is 10.9. The van der Waals surface area contributed by atoms with E-state index in [1.807, 2.05) is 46.8 Å². The first-order chi connectivity index (χ1) is 18.4. The van der Waals surface area contributed by atoms with E-state index < -0.39 is 11.7 Å². The number of benzene rings is 1. The van der Waals surface area contributed by atoms with Crippen LogP contribution in [-0.4, -0.2) is 65.8 Å². The van der Waals surface area contributed by atoms with Crippen molar-refractivity contribution in [2.24, 2.45) is 5.73 Å². The molecule has 1 aliphatic rings. The normalized spacial score (nSPS) is 15.1. The van der Waals surface area contributed by atoms with Gasteiger partial charge in [0.2, 0.25) is 5.91 Å². The summed E-state index contributed by atoms with van der Waals surface area (Å²) in [5.74, 6) is 0.626. The second kappa shape index (κ2) is 13.6. The Kier molecular flexibility index (Phi) is 10.8. The molecule has 0 unspecified atom stereocenters. The number of rotatable bonds is 10. The van der Waals surface area contributed by atoms with E-state index in [0.29, 0.717) is 23.8 Å². The number of halogens is 1. The number of amides is 2. The van der Waals surface area contributed by atoms with E-state index in [1.54, 1.807) is 12.3 Å². The number of anilines is 2. The highest BCUT2D eigenvalue weighted by Crippen LogP contribution is 2.38. The highest BCUT2D eigenvalue weighted by Gasteiger charge is 2.33. The first-order valence-corrected chi connectivity index (χ1v) is 14.4. The van der Waals surface area contributed by atoms with Crippen LogP contribution in [0.5, 0.6) is 0 Å². The van der Waals surface area contributed by atoms with Crippen LogP contribution in [0.3, 0.4) is 0 Å². The summed E-state index contributed by atoms with van der Waals surface area (Å²) < 4.78 is 5.43. The number of hydrogen-bond acceptors (Lipinski definition) is 9. The van der Waals surface area contributed by atoms with Crippen molar-refractivity contribution < 1.29 is 14.3 Å². The van der Waals surface area contributed by atoms with Gasteiger partial charge in [0, 0.05) is 23.5 Å². The van der Waals surface area contributed by atoms with Gasteiger partial charge in [-0.05, 0) is 79.1 Å². The largest absolute Gasteiger partial charge is 0.444 e. The van der Waals surface area contributed by atoms with Crippen molar-refractivity contribution in [3.8, 4) is 0 Å². The van der Waals surface area contributed by atoms with Gasteiger partial charge in [-0.15, -0.1) is 0 Å². The van der Waals surface area contributed by atoms with Crippen LogP contribution in [0.2, 0.25) is 5.02 Å². The Morgan fingerprint density at radius 2 is 1.97 bits per heavy atom. The Morgan fingerprint density at radius 3 is 2.62 bits per heavy atom. The molecule has 1 fully saturated rings. The molecule has 0 radical (unpaired) electrons. The molecular weight excluding hydrogens is 538 g/mol. The smallest absolute Gasteiger partial charge is 0.408 e. The number of carbonyl (C=O) groups is 2. The van der Waals surface area contributed by atoms with Crippen LogP contribution in [0.25, 0.3) is 0 Å². The molecule has 0 atom stereocenters. The highest BCUT2D eigenvalue weighted by atomic mass is 35.5. The van der Waals surface area contributed by atoms with Crippen LogP contribution in [-0.2, 0) is 9.53 Å². The summed E-state index contributed by atoms with van der Waals surface area (Å²) in [6.45, 7) is 12.5. The summed E-state index contributed by atoms with van der Waals surface area (Å²) in [6, 6.07) is 5.51. The van der Waals surface area contributed by atoms with Crippen LogP contribution in [0.15, 0.2) is 34.3 Å². The van der Waals surface area contributed by atoms with Gasteiger partial charge >= 0.3 is 6.09 Å². The van der Waals surface area contributed by atoms with E-state index in [0.717, 1.165) is 53.8 Å². The van der Waals surface area contributed by atoms with Gasteiger partial charge in [-0.25, -0.2) is 14.8 Å². The fraction of sp³-hybridized carbons (Fsp3) is 0.556. The van der Waals surface area contributed by atoms with Gasteiger partial charge in [0.05, 0.1) is 29.1 Å². The molecule has 1 saturated heterocycles. The minimum atomic E-state index is -0.532. The van der Waals surface area contributed by atoms with Crippen molar-refractivity contribution in [3.05, 3.63) is 35.1 Å². The van der Waals surface area contributed by atoms with Crippen molar-refractivity contribution >= 4 is 46.9 Å². The molecule has 1 aliphatic heterocycles. The standard InChI is InChI=1S/C27H40ClN7O3S/c1-18-24(39-20-9-6-8-19(23(20)28)33-22(36)17-30-13-7-12-29)31-16-21(32-18)35-14-10-27(5,11-15-35)34-25(37)38-26(2,3)4/h6,8-9,16,30H,7,10-15,17,29H2,1-5H3,(H,33,36)(H,34,37). The molecule has 10 nitrogen and oxygen atoms in total. The summed E-state index contributed by atoms with van der Waals surface area (Å²) in [7, 11) is 0. The van der Waals surface area contributed by atoms with Crippen molar-refractivity contribution in [1.82, 2.24) is 20.6 Å². The van der Waals surface area contributed by atoms with Gasteiger partial charge < -0.3 is 31.3 Å². The van der Waals surface area contributed by atoms with Crippen LogP contribution >= 0.6 is 23.4 Å². The molecule has 39 heavy (non-hydrogen) atoms. The van der Waals surface area contributed by atoms with E-state index in [-0.39, 0.29) is 18.0 Å². The maximum Gasteiger partial charge on any atom is 0.408 e. The summed E-state index contributed by atoms with van der Waals surface area (Å²) in [5.41, 5.74) is 5.94. The molecule has 0 aliphatic carbocycles. The zero-order valence-electron chi connectivity index (χ0n) is 23.4. The van der Waals surface area contributed by atoms with Crippen molar-refractivity contribution in [2.75, 3.05) is 42.9 Å². The molecule has 2 heterocycles. The lowest BCUT2D eigenvalue weighted by atomic mass is 9.90. The molecule has 3 rings (SSSR count). The molecule has 0 bridgehead atoms. The molecule has 2 amide bonds. The number of hydrogen-bond donors (Lipinski definition) is 4. The van der Waals surface area contributed by atoms with Crippen LogP contribution < -0.4 is 26.6 Å². The summed E-state index contributed by atoms with van der Waals surface area (Å²) in [6.07, 6.45) is 3.71. The fourth-order valence-corrected chi connectivity index (χ4v) is 5.17. The number of aromatic nitrogens is 2. The van der Waals surface area contributed by atoms with Crippen molar-refractivity contribution in [1.29, 1.82) is 0 Å². The van der Waals surface area contributed by atoms with E-state index in [1.165, 1.54) is 11.8 Å². The predicted molar refractivity (Wildman–Crippen MR) is 157 cm³/mol. The zero-order valence-corrected chi connectivity index (χ0v) is 25.0. The topological polar surface area (TPSA) is 135 Å². The molecule has 0 spiro atoms. The zero-order chi connectivity index (χ0) is 28.6. The molecule has 214 valence electrons. The van der Waals surface area contributed by atoms with Gasteiger partial charge in [-0.3, -0.25) is 4.79 Å². The monoisotopic (exact) mass is 577 g/mol. The van der Waals surface area contributed by atoms with E-state index in [4.69, 9.17) is 27.1 Å². The molecule has 1 aromatic carbocycles. The van der Waals surface area contributed by atoms with Crippen molar-refractivity contribution in [2.45, 2.75) is 74.9 Å². The van der Waals surface area contributed by atoms with E-state index in [9.17, 15) is 9.59 Å². The SMILES string of the molecule is Cc1nc(N2CCC(C)(NC(=O)OC(C)(C)C)CC2)cnc1Sc1cccc(NC(=O)CNCCCN)c1Cl. The molecule has 12 heteroatoms. The quantitative estimate of drug-likeness (QED) is 0.304. The first kappa shape index (κ1) is 30.9. The maximum atomic E-state index is 12.3. The van der Waals surface area contributed by atoms with Crippen LogP contribution in [0, 0.1) is 6.92 Å². The minimum absolute atomic E-state index is 0.171. The Morgan fingerprint density at radius 1 is 1.26 bits per heavy atom. The number of aryl methyl sites for hydroxylation is 1. The molecule has 0 saturated carbocycles. The molecule has 2 aromatic rings. The number of nitrogens with zero attached hydrogens (tertiary/aromatic N) is 3. The lowest BCUT2D eigenvalue weighted by Gasteiger charge is -2.40. The third-order valence-electron chi connectivity index (χ3n) is 6.17.